The van der Waals surface area contributed by atoms with Crippen molar-refractivity contribution >= 4 is 34.2 Å². The van der Waals surface area contributed by atoms with Crippen LogP contribution in [0.1, 0.15) is 15.4 Å². The predicted octanol–water partition coefficient (Wildman–Crippen LogP) is 1.61. The molecule has 0 unspecified atom stereocenters. The van der Waals surface area contributed by atoms with E-state index in [2.05, 4.69) is 15.2 Å². The van der Waals surface area contributed by atoms with Crippen LogP contribution >= 0.6 is 23.1 Å². The number of nitrogens with one attached hydrogen (secondary N) is 1. The Bertz CT molecular complexity index is 416. The number of thiazole rings is 1. The summed E-state index contributed by atoms with van der Waals surface area (Å²) in [6.45, 7) is 5.82. The summed E-state index contributed by atoms with van der Waals surface area (Å²) in [6.07, 6.45) is 0. The second-order valence-corrected chi connectivity index (χ2v) is 6.34. The Hall–Kier alpha value is -0.790. The Balaban J connectivity index is 1.79. The summed E-state index contributed by atoms with van der Waals surface area (Å²) in [5.41, 5.74) is 0.587. The van der Waals surface area contributed by atoms with Crippen LogP contribution in [0, 0.1) is 6.92 Å². The molecule has 2 rings (SSSR count). The molecule has 0 amide bonds. The van der Waals surface area contributed by atoms with Gasteiger partial charge >= 0.3 is 5.97 Å². The summed E-state index contributed by atoms with van der Waals surface area (Å²) < 4.78 is 0. The number of rotatable bonds is 5. The predicted molar refractivity (Wildman–Crippen MR) is 76.1 cm³/mol. The van der Waals surface area contributed by atoms with Gasteiger partial charge in [-0.3, -0.25) is 4.90 Å². The van der Waals surface area contributed by atoms with Crippen LogP contribution in [0.25, 0.3) is 0 Å². The first-order valence-electron chi connectivity index (χ1n) is 5.91. The van der Waals surface area contributed by atoms with Crippen molar-refractivity contribution in [3.8, 4) is 0 Å². The largest absolute Gasteiger partial charge is 0.477 e. The van der Waals surface area contributed by atoms with Gasteiger partial charge in [0.05, 0.1) is 5.69 Å². The van der Waals surface area contributed by atoms with Gasteiger partial charge in [0.15, 0.2) is 5.13 Å². The van der Waals surface area contributed by atoms with E-state index in [4.69, 9.17) is 5.11 Å². The van der Waals surface area contributed by atoms with Gasteiger partial charge in [-0.2, -0.15) is 11.8 Å². The van der Waals surface area contributed by atoms with Crippen LogP contribution in [0.3, 0.4) is 0 Å². The Labute approximate surface area is 115 Å². The summed E-state index contributed by atoms with van der Waals surface area (Å²) in [7, 11) is 0. The number of hydrogen-bond acceptors (Lipinski definition) is 6. The number of anilines is 1. The third kappa shape index (κ3) is 3.60. The van der Waals surface area contributed by atoms with Crippen LogP contribution in [0.15, 0.2) is 0 Å². The average Bonchev–Trinajstić information content (AvgIpc) is 2.72. The minimum absolute atomic E-state index is 0.326. The van der Waals surface area contributed by atoms with Crippen LogP contribution in [0.5, 0.6) is 0 Å². The van der Waals surface area contributed by atoms with E-state index in [0.717, 1.165) is 26.2 Å². The average molecular weight is 287 g/mol. The highest BCUT2D eigenvalue weighted by Gasteiger charge is 2.14. The minimum atomic E-state index is -0.897. The van der Waals surface area contributed by atoms with Gasteiger partial charge in [0, 0.05) is 37.7 Å². The third-order valence-corrected chi connectivity index (χ3v) is 4.84. The zero-order valence-corrected chi connectivity index (χ0v) is 11.9. The van der Waals surface area contributed by atoms with Gasteiger partial charge in [-0.25, -0.2) is 9.78 Å². The van der Waals surface area contributed by atoms with Crippen molar-refractivity contribution in [2.45, 2.75) is 6.92 Å². The minimum Gasteiger partial charge on any atom is -0.477 e. The highest BCUT2D eigenvalue weighted by Crippen LogP contribution is 2.22. The number of thioether (sulfide) groups is 1. The molecule has 7 heteroatoms. The number of aryl methyl sites for hydroxylation is 1. The number of carbonyl (C=O) groups is 1. The summed E-state index contributed by atoms with van der Waals surface area (Å²) >= 11 is 3.21. The molecule has 0 radical (unpaired) electrons. The molecule has 1 aliphatic heterocycles. The van der Waals surface area contributed by atoms with E-state index >= 15 is 0 Å². The molecule has 0 atom stereocenters. The fraction of sp³-hybridized carbons (Fsp3) is 0.636. The SMILES string of the molecule is Cc1nc(NCCN2CCSCC2)sc1C(=O)O. The zero-order chi connectivity index (χ0) is 13.0. The van der Waals surface area contributed by atoms with E-state index in [9.17, 15) is 4.79 Å². The second kappa shape index (κ2) is 6.40. The molecule has 0 spiro atoms. The van der Waals surface area contributed by atoms with Crippen molar-refractivity contribution in [2.24, 2.45) is 0 Å². The molecule has 1 aromatic rings. The molecule has 18 heavy (non-hydrogen) atoms. The molecule has 2 N–H and O–H groups in total. The van der Waals surface area contributed by atoms with E-state index < -0.39 is 5.97 Å². The van der Waals surface area contributed by atoms with E-state index in [1.54, 1.807) is 6.92 Å². The van der Waals surface area contributed by atoms with Gasteiger partial charge in [-0.1, -0.05) is 11.3 Å². The monoisotopic (exact) mass is 287 g/mol. The van der Waals surface area contributed by atoms with Crippen molar-refractivity contribution in [3.63, 3.8) is 0 Å². The van der Waals surface area contributed by atoms with Crippen molar-refractivity contribution in [3.05, 3.63) is 10.6 Å². The van der Waals surface area contributed by atoms with Crippen LogP contribution in [-0.2, 0) is 0 Å². The van der Waals surface area contributed by atoms with Gasteiger partial charge in [-0.15, -0.1) is 0 Å². The standard InChI is InChI=1S/C11H17N3O2S2/c1-8-9(10(15)16)18-11(13-8)12-2-3-14-4-6-17-7-5-14/h2-7H2,1H3,(H,12,13)(H,15,16). The van der Waals surface area contributed by atoms with Gasteiger partial charge in [0.1, 0.15) is 4.88 Å². The number of aromatic carboxylic acids is 1. The van der Waals surface area contributed by atoms with Gasteiger partial charge < -0.3 is 10.4 Å². The molecule has 1 aromatic heterocycles. The highest BCUT2D eigenvalue weighted by atomic mass is 32.2. The highest BCUT2D eigenvalue weighted by molar-refractivity contribution is 7.99. The second-order valence-electron chi connectivity index (χ2n) is 4.12. The van der Waals surface area contributed by atoms with Gasteiger partial charge in [0.2, 0.25) is 0 Å². The fourth-order valence-corrected chi connectivity index (χ4v) is 3.63. The Morgan fingerprint density at radius 1 is 1.50 bits per heavy atom. The lowest BCUT2D eigenvalue weighted by Crippen LogP contribution is -2.36. The molecule has 5 nitrogen and oxygen atoms in total. The van der Waals surface area contributed by atoms with E-state index in [1.165, 1.54) is 22.8 Å². The van der Waals surface area contributed by atoms with Crippen LogP contribution in [0.4, 0.5) is 5.13 Å². The van der Waals surface area contributed by atoms with Crippen molar-refractivity contribution in [1.29, 1.82) is 0 Å². The van der Waals surface area contributed by atoms with Gasteiger partial charge in [0.25, 0.3) is 0 Å². The van der Waals surface area contributed by atoms with Crippen molar-refractivity contribution in [2.75, 3.05) is 43.0 Å². The maximum Gasteiger partial charge on any atom is 0.347 e. The first kappa shape index (κ1) is 13.6. The summed E-state index contributed by atoms with van der Waals surface area (Å²) in [6, 6.07) is 0. The summed E-state index contributed by atoms with van der Waals surface area (Å²) in [4.78, 5) is 17.9. The lowest BCUT2D eigenvalue weighted by Gasteiger charge is -2.25. The zero-order valence-electron chi connectivity index (χ0n) is 10.3. The molecule has 0 aromatic carbocycles. The molecule has 0 aliphatic carbocycles. The molecular weight excluding hydrogens is 270 g/mol. The quantitative estimate of drug-likeness (QED) is 0.858. The lowest BCUT2D eigenvalue weighted by molar-refractivity contribution is 0.0701. The first-order valence-corrected chi connectivity index (χ1v) is 7.88. The van der Waals surface area contributed by atoms with Crippen molar-refractivity contribution < 1.29 is 9.90 Å². The summed E-state index contributed by atoms with van der Waals surface area (Å²) in [5.74, 6) is 1.52. The van der Waals surface area contributed by atoms with Gasteiger partial charge in [-0.05, 0) is 6.92 Å². The number of nitrogens with zero attached hydrogens (tertiary/aromatic N) is 2. The molecule has 0 saturated carbocycles. The molecule has 100 valence electrons. The van der Waals surface area contributed by atoms with E-state index in [-0.39, 0.29) is 0 Å². The maximum absolute atomic E-state index is 10.9. The van der Waals surface area contributed by atoms with E-state index in [0.29, 0.717) is 15.7 Å². The lowest BCUT2D eigenvalue weighted by atomic mass is 10.4. The molecule has 1 aliphatic rings. The molecule has 1 saturated heterocycles. The van der Waals surface area contributed by atoms with Crippen molar-refractivity contribution in [1.82, 2.24) is 9.88 Å². The molecule has 0 bridgehead atoms. The number of carboxylic acids is 1. The third-order valence-electron chi connectivity index (χ3n) is 2.80. The van der Waals surface area contributed by atoms with Crippen LogP contribution < -0.4 is 5.32 Å². The first-order chi connectivity index (χ1) is 8.66. The number of aromatic nitrogens is 1. The smallest absolute Gasteiger partial charge is 0.347 e. The Kier molecular flexibility index (Phi) is 4.85. The number of carboxylic acid groups (broad SMARTS) is 1. The maximum atomic E-state index is 10.9. The Morgan fingerprint density at radius 2 is 2.22 bits per heavy atom. The Morgan fingerprint density at radius 3 is 2.83 bits per heavy atom. The molecule has 1 fully saturated rings. The van der Waals surface area contributed by atoms with E-state index in [1.807, 2.05) is 11.8 Å². The van der Waals surface area contributed by atoms with Crippen LogP contribution in [-0.4, -0.2) is 58.6 Å². The normalized spacial score (nSPS) is 16.7. The van der Waals surface area contributed by atoms with Crippen LogP contribution in [0.2, 0.25) is 0 Å². The topological polar surface area (TPSA) is 65.5 Å². The molecule has 2 heterocycles. The fourth-order valence-electron chi connectivity index (χ4n) is 1.82. The molecular formula is C11H17N3O2S2. The summed E-state index contributed by atoms with van der Waals surface area (Å²) in [5, 5.41) is 12.8. The number of hydrogen-bond donors (Lipinski definition) is 2.